The molecule has 7 nitrogen and oxygen atoms in total. The maximum atomic E-state index is 14.9. The van der Waals surface area contributed by atoms with Crippen molar-refractivity contribution in [3.05, 3.63) is 64.1 Å². The molecule has 0 amide bonds. The van der Waals surface area contributed by atoms with E-state index in [1.165, 1.54) is 30.7 Å². The van der Waals surface area contributed by atoms with Crippen LogP contribution in [-0.4, -0.2) is 53.5 Å². The Morgan fingerprint density at radius 2 is 2.07 bits per heavy atom. The molecule has 8 heteroatoms. The van der Waals surface area contributed by atoms with E-state index >= 15 is 0 Å². The summed E-state index contributed by atoms with van der Waals surface area (Å²) in [6.07, 6.45) is 5.77. The number of piperazine rings is 1. The van der Waals surface area contributed by atoms with E-state index in [-0.39, 0.29) is 16.8 Å². The van der Waals surface area contributed by atoms with Crippen molar-refractivity contribution in [2.45, 2.75) is 13.5 Å². The average molecular weight is 410 g/mol. The number of anilines is 1. The number of allylic oxidation sites excluding steroid dienone is 1. The van der Waals surface area contributed by atoms with Gasteiger partial charge in [0.15, 0.2) is 17.4 Å². The van der Waals surface area contributed by atoms with Gasteiger partial charge in [-0.1, -0.05) is 0 Å². The van der Waals surface area contributed by atoms with Crippen molar-refractivity contribution < 1.29 is 13.6 Å². The smallest absolute Gasteiger partial charge is 0.202 e. The third-order valence-electron chi connectivity index (χ3n) is 5.33. The van der Waals surface area contributed by atoms with E-state index in [1.807, 2.05) is 18.9 Å². The molecule has 0 unspecified atom stereocenters. The first-order chi connectivity index (χ1) is 14.5. The number of furan rings is 1. The van der Waals surface area contributed by atoms with Crippen molar-refractivity contribution in [3.63, 3.8) is 0 Å². The van der Waals surface area contributed by atoms with Gasteiger partial charge in [-0.2, -0.15) is 0 Å². The Bertz CT molecular complexity index is 1160. The number of nitrogens with zero attached hydrogens (tertiary/aromatic N) is 4. The van der Waals surface area contributed by atoms with Crippen LogP contribution in [0.2, 0.25) is 0 Å². The first-order valence-corrected chi connectivity index (χ1v) is 9.91. The van der Waals surface area contributed by atoms with E-state index in [2.05, 4.69) is 9.88 Å². The highest BCUT2D eigenvalue weighted by Gasteiger charge is 2.22. The number of pyridine rings is 2. The lowest BCUT2D eigenvalue weighted by Gasteiger charge is -2.33. The standard InChI is InChI=1S/C22H23FN4O3/c1-3-26-14-17(19(28)7-6-15-5-4-12-30-15)20(29)16-13-18(23)22(24-21(16)26)27-10-8-25(2)9-11-27/h4-7,12-14H,3,8-11H2,1-2H3. The average Bonchev–Trinajstić information content (AvgIpc) is 3.27. The van der Waals surface area contributed by atoms with Crippen LogP contribution in [0, 0.1) is 5.82 Å². The number of hydrogen-bond acceptors (Lipinski definition) is 6. The number of ketones is 1. The number of likely N-dealkylation sites (N-methyl/N-ethyl adjacent to an activating group) is 1. The van der Waals surface area contributed by atoms with Crippen molar-refractivity contribution in [2.75, 3.05) is 38.1 Å². The van der Waals surface area contributed by atoms with Crippen LogP contribution in [0.4, 0.5) is 10.2 Å². The monoisotopic (exact) mass is 410 g/mol. The van der Waals surface area contributed by atoms with Crippen molar-refractivity contribution in [1.82, 2.24) is 14.5 Å². The Balaban J connectivity index is 1.76. The topological polar surface area (TPSA) is 71.6 Å². The molecule has 0 aliphatic carbocycles. The van der Waals surface area contributed by atoms with Gasteiger partial charge in [-0.25, -0.2) is 9.37 Å². The van der Waals surface area contributed by atoms with E-state index in [0.717, 1.165) is 13.1 Å². The van der Waals surface area contributed by atoms with Crippen LogP contribution < -0.4 is 10.3 Å². The maximum Gasteiger partial charge on any atom is 0.202 e. The summed E-state index contributed by atoms with van der Waals surface area (Å²) in [7, 11) is 2.02. The lowest BCUT2D eigenvalue weighted by atomic mass is 10.1. The number of carbonyl (C=O) groups is 1. The first kappa shape index (κ1) is 20.0. The van der Waals surface area contributed by atoms with Crippen LogP contribution in [-0.2, 0) is 6.54 Å². The largest absolute Gasteiger partial charge is 0.465 e. The summed E-state index contributed by atoms with van der Waals surface area (Å²) < 4.78 is 21.8. The van der Waals surface area contributed by atoms with Crippen molar-refractivity contribution in [3.8, 4) is 0 Å². The van der Waals surface area contributed by atoms with Crippen LogP contribution in [0.1, 0.15) is 23.0 Å². The predicted molar refractivity (Wildman–Crippen MR) is 113 cm³/mol. The lowest BCUT2D eigenvalue weighted by Crippen LogP contribution is -2.45. The molecular formula is C22H23FN4O3. The van der Waals surface area contributed by atoms with E-state index in [4.69, 9.17) is 4.42 Å². The molecular weight excluding hydrogens is 387 g/mol. The van der Waals surface area contributed by atoms with E-state index < -0.39 is 17.0 Å². The molecule has 0 radical (unpaired) electrons. The molecule has 0 spiro atoms. The van der Waals surface area contributed by atoms with Crippen molar-refractivity contribution in [2.24, 2.45) is 0 Å². The number of halogens is 1. The van der Waals surface area contributed by atoms with E-state index in [1.54, 1.807) is 16.7 Å². The van der Waals surface area contributed by atoms with Crippen LogP contribution in [0.3, 0.4) is 0 Å². The fourth-order valence-electron chi connectivity index (χ4n) is 3.57. The third kappa shape index (κ3) is 3.78. The SMILES string of the molecule is CCn1cc(C(=O)C=Cc2ccco2)c(=O)c2cc(F)c(N3CCN(C)CC3)nc21. The van der Waals surface area contributed by atoms with Crippen LogP contribution >= 0.6 is 0 Å². The molecule has 1 aliphatic heterocycles. The normalized spacial score (nSPS) is 15.4. The zero-order chi connectivity index (χ0) is 21.3. The summed E-state index contributed by atoms with van der Waals surface area (Å²) >= 11 is 0. The third-order valence-corrected chi connectivity index (χ3v) is 5.33. The van der Waals surface area contributed by atoms with Gasteiger partial charge in [0.05, 0.1) is 17.2 Å². The molecule has 0 atom stereocenters. The van der Waals surface area contributed by atoms with Crippen LogP contribution in [0.25, 0.3) is 17.1 Å². The fraction of sp³-hybridized carbons (Fsp3) is 0.318. The van der Waals surface area contributed by atoms with Gasteiger partial charge in [-0.3, -0.25) is 9.59 Å². The van der Waals surface area contributed by atoms with Crippen molar-refractivity contribution in [1.29, 1.82) is 0 Å². The quantitative estimate of drug-likeness (QED) is 0.476. The molecule has 30 heavy (non-hydrogen) atoms. The molecule has 1 saturated heterocycles. The maximum absolute atomic E-state index is 14.9. The van der Waals surface area contributed by atoms with Gasteiger partial charge >= 0.3 is 0 Å². The second-order valence-electron chi connectivity index (χ2n) is 7.33. The summed E-state index contributed by atoms with van der Waals surface area (Å²) in [6, 6.07) is 4.61. The van der Waals surface area contributed by atoms with E-state index in [0.29, 0.717) is 31.0 Å². The molecule has 1 fully saturated rings. The first-order valence-electron chi connectivity index (χ1n) is 9.91. The minimum Gasteiger partial charge on any atom is -0.465 e. The summed E-state index contributed by atoms with van der Waals surface area (Å²) in [6.45, 7) is 5.33. The number of aryl methyl sites for hydroxylation is 1. The summed E-state index contributed by atoms with van der Waals surface area (Å²) in [5.74, 6) is -0.273. The van der Waals surface area contributed by atoms with Crippen LogP contribution in [0.15, 0.2) is 45.9 Å². The molecule has 0 saturated carbocycles. The Morgan fingerprint density at radius 3 is 2.73 bits per heavy atom. The highest BCUT2D eigenvalue weighted by molar-refractivity contribution is 6.07. The molecule has 0 aromatic carbocycles. The van der Waals surface area contributed by atoms with Gasteiger partial charge in [0.2, 0.25) is 5.43 Å². The molecule has 0 N–H and O–H groups in total. The minimum atomic E-state index is -0.553. The Morgan fingerprint density at radius 1 is 1.30 bits per heavy atom. The van der Waals surface area contributed by atoms with Gasteiger partial charge in [0, 0.05) is 38.9 Å². The number of aromatic nitrogens is 2. The molecule has 3 aromatic heterocycles. The summed E-state index contributed by atoms with van der Waals surface area (Å²) in [5.41, 5.74) is -0.176. The number of rotatable bonds is 5. The van der Waals surface area contributed by atoms with Crippen LogP contribution in [0.5, 0.6) is 0 Å². The second kappa shape index (κ2) is 8.23. The number of hydrogen-bond donors (Lipinski definition) is 0. The van der Waals surface area contributed by atoms with Gasteiger partial charge in [0.1, 0.15) is 11.4 Å². The zero-order valence-corrected chi connectivity index (χ0v) is 17.0. The molecule has 156 valence electrons. The molecule has 3 aromatic rings. The van der Waals surface area contributed by atoms with Gasteiger partial charge in [-0.15, -0.1) is 0 Å². The summed E-state index contributed by atoms with van der Waals surface area (Å²) in [5, 5.41) is 0.101. The molecule has 1 aliphatic rings. The predicted octanol–water partition coefficient (Wildman–Crippen LogP) is 2.80. The molecule has 4 heterocycles. The molecule has 0 bridgehead atoms. The Hall–Kier alpha value is -3.26. The van der Waals surface area contributed by atoms with E-state index in [9.17, 15) is 14.0 Å². The summed E-state index contributed by atoms with van der Waals surface area (Å²) in [4.78, 5) is 34.2. The Kier molecular flexibility index (Phi) is 5.50. The zero-order valence-electron chi connectivity index (χ0n) is 17.0. The number of fused-ring (bicyclic) bond motifs is 1. The van der Waals surface area contributed by atoms with Gasteiger partial charge in [0.25, 0.3) is 0 Å². The number of carbonyl (C=O) groups excluding carboxylic acids is 1. The molecule has 4 rings (SSSR count). The van der Waals surface area contributed by atoms with Gasteiger partial charge in [-0.05, 0) is 44.3 Å². The minimum absolute atomic E-state index is 0.0271. The van der Waals surface area contributed by atoms with Crippen molar-refractivity contribution >= 4 is 28.7 Å². The highest BCUT2D eigenvalue weighted by atomic mass is 19.1. The van der Waals surface area contributed by atoms with Gasteiger partial charge < -0.3 is 18.8 Å². The highest BCUT2D eigenvalue weighted by Crippen LogP contribution is 2.22. The Labute approximate surface area is 173 Å². The second-order valence-corrected chi connectivity index (χ2v) is 7.33. The lowest BCUT2D eigenvalue weighted by molar-refractivity contribution is 0.104. The fourth-order valence-corrected chi connectivity index (χ4v) is 3.57.